The van der Waals surface area contributed by atoms with E-state index in [2.05, 4.69) is 10.2 Å². The molecular weight excluding hydrogens is 314 g/mol. The summed E-state index contributed by atoms with van der Waals surface area (Å²) in [6.45, 7) is 5.82. The summed E-state index contributed by atoms with van der Waals surface area (Å²) < 4.78 is 5.37. The van der Waals surface area contributed by atoms with Gasteiger partial charge in [0.2, 0.25) is 0 Å². The number of piperazine rings is 1. The molecule has 1 aromatic carbocycles. The number of hydrogen-bond donors (Lipinski definition) is 1. The summed E-state index contributed by atoms with van der Waals surface area (Å²) in [6.07, 6.45) is 1.69. The van der Waals surface area contributed by atoms with Crippen molar-refractivity contribution in [2.75, 3.05) is 31.5 Å². The lowest BCUT2D eigenvalue weighted by Gasteiger charge is -2.34. The quantitative estimate of drug-likeness (QED) is 0.933. The van der Waals surface area contributed by atoms with E-state index in [4.69, 9.17) is 16.0 Å². The van der Waals surface area contributed by atoms with Crippen molar-refractivity contribution in [3.8, 4) is 0 Å². The highest BCUT2D eigenvalue weighted by atomic mass is 35.5. The first-order valence-corrected chi connectivity index (χ1v) is 8.06. The molecule has 2 heterocycles. The van der Waals surface area contributed by atoms with E-state index in [0.717, 1.165) is 36.6 Å². The summed E-state index contributed by atoms with van der Waals surface area (Å²) in [4.78, 5) is 16.5. The maximum absolute atomic E-state index is 12.4. The van der Waals surface area contributed by atoms with Gasteiger partial charge in [-0.2, -0.15) is 0 Å². The van der Waals surface area contributed by atoms with Crippen LogP contribution in [0.25, 0.3) is 0 Å². The maximum atomic E-state index is 12.4. The number of anilines is 1. The molecule has 1 aliphatic heterocycles. The highest BCUT2D eigenvalue weighted by Gasteiger charge is 2.22. The highest BCUT2D eigenvalue weighted by Crippen LogP contribution is 2.20. The van der Waals surface area contributed by atoms with E-state index >= 15 is 0 Å². The number of aryl methyl sites for hydroxylation is 1. The summed E-state index contributed by atoms with van der Waals surface area (Å²) in [5.74, 6) is 0.958. The van der Waals surface area contributed by atoms with E-state index in [9.17, 15) is 4.79 Å². The number of carbonyl (C=O) groups is 1. The maximum Gasteiger partial charge on any atom is 0.321 e. The number of urea groups is 1. The molecule has 5 nitrogen and oxygen atoms in total. The van der Waals surface area contributed by atoms with E-state index in [-0.39, 0.29) is 6.03 Å². The first-order chi connectivity index (χ1) is 11.1. The van der Waals surface area contributed by atoms with E-state index in [0.29, 0.717) is 18.1 Å². The van der Waals surface area contributed by atoms with Crippen molar-refractivity contribution >= 4 is 23.3 Å². The van der Waals surface area contributed by atoms with Crippen LogP contribution in [-0.2, 0) is 6.54 Å². The molecule has 1 aromatic heterocycles. The minimum Gasteiger partial charge on any atom is -0.468 e. The van der Waals surface area contributed by atoms with Crippen LogP contribution in [0.15, 0.2) is 41.0 Å². The van der Waals surface area contributed by atoms with E-state index < -0.39 is 0 Å². The van der Waals surface area contributed by atoms with Crippen molar-refractivity contribution in [3.63, 3.8) is 0 Å². The normalized spacial score (nSPS) is 15.7. The molecular formula is C17H20ClN3O2. The molecule has 23 heavy (non-hydrogen) atoms. The number of nitrogens with zero attached hydrogens (tertiary/aromatic N) is 2. The zero-order valence-corrected chi connectivity index (χ0v) is 13.8. The summed E-state index contributed by atoms with van der Waals surface area (Å²) in [5.41, 5.74) is 1.76. The predicted octanol–water partition coefficient (Wildman–Crippen LogP) is 3.59. The molecule has 1 fully saturated rings. The third kappa shape index (κ3) is 4.06. The molecule has 0 atom stereocenters. The summed E-state index contributed by atoms with van der Waals surface area (Å²) in [7, 11) is 0. The van der Waals surface area contributed by atoms with Gasteiger partial charge in [-0.25, -0.2) is 4.79 Å². The fourth-order valence-corrected chi connectivity index (χ4v) is 2.92. The third-order valence-electron chi connectivity index (χ3n) is 4.05. The van der Waals surface area contributed by atoms with Gasteiger partial charge >= 0.3 is 6.03 Å². The molecule has 0 aliphatic carbocycles. The fourth-order valence-electron chi connectivity index (χ4n) is 2.69. The fraction of sp³-hybridized carbons (Fsp3) is 0.353. The van der Waals surface area contributed by atoms with Crippen LogP contribution in [0.1, 0.15) is 11.3 Å². The zero-order valence-electron chi connectivity index (χ0n) is 13.1. The lowest BCUT2D eigenvalue weighted by atomic mass is 10.2. The van der Waals surface area contributed by atoms with Gasteiger partial charge in [0.25, 0.3) is 0 Å². The number of nitrogens with one attached hydrogen (secondary N) is 1. The van der Waals surface area contributed by atoms with Crippen LogP contribution in [0.2, 0.25) is 5.02 Å². The van der Waals surface area contributed by atoms with Gasteiger partial charge in [-0.05, 0) is 42.8 Å². The van der Waals surface area contributed by atoms with Crippen molar-refractivity contribution in [1.29, 1.82) is 0 Å². The first kappa shape index (κ1) is 15.9. The Labute approximate surface area is 140 Å². The molecule has 2 amide bonds. The Morgan fingerprint density at radius 3 is 2.70 bits per heavy atom. The van der Waals surface area contributed by atoms with Gasteiger partial charge < -0.3 is 14.6 Å². The first-order valence-electron chi connectivity index (χ1n) is 7.68. The number of hydrogen-bond acceptors (Lipinski definition) is 3. The molecule has 0 saturated carbocycles. The molecule has 0 radical (unpaired) electrons. The van der Waals surface area contributed by atoms with Crippen LogP contribution < -0.4 is 5.32 Å². The molecule has 122 valence electrons. The van der Waals surface area contributed by atoms with Crippen LogP contribution in [-0.4, -0.2) is 42.0 Å². The second kappa shape index (κ2) is 7.06. The number of amides is 2. The van der Waals surface area contributed by atoms with Gasteiger partial charge in [-0.3, -0.25) is 4.90 Å². The van der Waals surface area contributed by atoms with Gasteiger partial charge in [-0.15, -0.1) is 0 Å². The van der Waals surface area contributed by atoms with Crippen LogP contribution in [0.4, 0.5) is 10.5 Å². The van der Waals surface area contributed by atoms with Gasteiger partial charge in [0.15, 0.2) is 0 Å². The number of carbonyl (C=O) groups excluding carboxylic acids is 1. The van der Waals surface area contributed by atoms with Gasteiger partial charge in [0.05, 0.1) is 12.8 Å². The Bertz CT molecular complexity index is 664. The van der Waals surface area contributed by atoms with Crippen LogP contribution in [0, 0.1) is 6.92 Å². The van der Waals surface area contributed by atoms with Crippen LogP contribution >= 0.6 is 11.6 Å². The third-order valence-corrected chi connectivity index (χ3v) is 4.28. The second-order valence-electron chi connectivity index (χ2n) is 5.73. The Morgan fingerprint density at radius 2 is 2.04 bits per heavy atom. The molecule has 3 rings (SSSR count). The minimum absolute atomic E-state index is 0.0620. The van der Waals surface area contributed by atoms with Crippen molar-refractivity contribution in [2.45, 2.75) is 13.5 Å². The summed E-state index contributed by atoms with van der Waals surface area (Å²) >= 11 is 5.94. The van der Waals surface area contributed by atoms with E-state index in [1.54, 1.807) is 12.3 Å². The molecule has 0 bridgehead atoms. The van der Waals surface area contributed by atoms with Gasteiger partial charge in [0, 0.05) is 36.9 Å². The van der Waals surface area contributed by atoms with Gasteiger partial charge in [-0.1, -0.05) is 11.6 Å². The molecule has 1 saturated heterocycles. The SMILES string of the molecule is Cc1cc(Cl)ccc1NC(=O)N1CCN(Cc2ccco2)CC1. The summed E-state index contributed by atoms with van der Waals surface area (Å²) in [6, 6.07) is 9.27. The Kier molecular flexibility index (Phi) is 4.88. The number of halogens is 1. The number of benzene rings is 1. The summed E-state index contributed by atoms with van der Waals surface area (Å²) in [5, 5.41) is 3.63. The molecule has 2 aromatic rings. The smallest absolute Gasteiger partial charge is 0.321 e. The van der Waals surface area contributed by atoms with Crippen molar-refractivity contribution < 1.29 is 9.21 Å². The average Bonchev–Trinajstić information content (AvgIpc) is 3.04. The Balaban J connectivity index is 1.51. The molecule has 0 spiro atoms. The lowest BCUT2D eigenvalue weighted by molar-refractivity contribution is 0.137. The zero-order chi connectivity index (χ0) is 16.2. The highest BCUT2D eigenvalue weighted by molar-refractivity contribution is 6.30. The van der Waals surface area contributed by atoms with Crippen LogP contribution in [0.5, 0.6) is 0 Å². The molecule has 6 heteroatoms. The van der Waals surface area contributed by atoms with E-state index in [1.165, 1.54) is 0 Å². The molecule has 0 unspecified atom stereocenters. The monoisotopic (exact) mass is 333 g/mol. The van der Waals surface area contributed by atoms with Gasteiger partial charge in [0.1, 0.15) is 5.76 Å². The standard InChI is InChI=1S/C17H20ClN3O2/c1-13-11-14(18)4-5-16(13)19-17(22)21-8-6-20(7-9-21)12-15-3-2-10-23-15/h2-5,10-11H,6-9,12H2,1H3,(H,19,22). The molecule has 1 N–H and O–H groups in total. The minimum atomic E-state index is -0.0620. The van der Waals surface area contributed by atoms with Crippen molar-refractivity contribution in [3.05, 3.63) is 52.9 Å². The van der Waals surface area contributed by atoms with Crippen LogP contribution in [0.3, 0.4) is 0 Å². The Morgan fingerprint density at radius 1 is 1.26 bits per heavy atom. The number of furan rings is 1. The molecule has 1 aliphatic rings. The van der Waals surface area contributed by atoms with Crippen molar-refractivity contribution in [2.24, 2.45) is 0 Å². The van der Waals surface area contributed by atoms with Crippen molar-refractivity contribution in [1.82, 2.24) is 9.80 Å². The van der Waals surface area contributed by atoms with E-state index in [1.807, 2.05) is 36.1 Å². The lowest BCUT2D eigenvalue weighted by Crippen LogP contribution is -2.49. The predicted molar refractivity (Wildman–Crippen MR) is 90.8 cm³/mol. The Hall–Kier alpha value is -1.98. The second-order valence-corrected chi connectivity index (χ2v) is 6.17. The largest absolute Gasteiger partial charge is 0.468 e. The average molecular weight is 334 g/mol. The number of rotatable bonds is 3. The topological polar surface area (TPSA) is 48.7 Å².